The van der Waals surface area contributed by atoms with Crippen LogP contribution < -0.4 is 10.9 Å². The number of nitrogens with zero attached hydrogens (tertiary/aromatic N) is 1. The van der Waals surface area contributed by atoms with Gasteiger partial charge in [-0.25, -0.2) is 0 Å². The quantitative estimate of drug-likeness (QED) is 0.126. The van der Waals surface area contributed by atoms with E-state index in [2.05, 4.69) is 164 Å². The van der Waals surface area contributed by atoms with E-state index in [1.165, 1.54) is 27.8 Å². The Labute approximate surface area is 316 Å². The van der Waals surface area contributed by atoms with Crippen molar-refractivity contribution in [3.8, 4) is 22.3 Å². The molecule has 54 heavy (non-hydrogen) atoms. The molecule has 266 valence electrons. The fraction of sp³-hybridized carbons (Fsp3) is 0.255. The van der Waals surface area contributed by atoms with Crippen LogP contribution in [0.15, 0.2) is 119 Å². The topological polar surface area (TPSA) is 38.5 Å². The second-order valence-electron chi connectivity index (χ2n) is 18.9. The molecular formula is C51H45NO2. The lowest BCUT2D eigenvalue weighted by atomic mass is 9.63. The van der Waals surface area contributed by atoms with Crippen LogP contribution in [-0.2, 0) is 21.7 Å². The molecule has 2 aromatic heterocycles. The van der Waals surface area contributed by atoms with Gasteiger partial charge in [-0.3, -0.25) is 9.59 Å². The summed E-state index contributed by atoms with van der Waals surface area (Å²) in [5.74, 6) is 0. The molecule has 3 nitrogen and oxygen atoms in total. The molecule has 3 heteroatoms. The summed E-state index contributed by atoms with van der Waals surface area (Å²) < 4.78 is 2.31. The number of rotatable bonds is 1. The molecule has 0 amide bonds. The van der Waals surface area contributed by atoms with Crippen LogP contribution in [0.1, 0.15) is 101 Å². The summed E-state index contributed by atoms with van der Waals surface area (Å²) >= 11 is 0. The van der Waals surface area contributed by atoms with Crippen molar-refractivity contribution in [3.63, 3.8) is 0 Å². The Balaban J connectivity index is 1.48. The van der Waals surface area contributed by atoms with Crippen LogP contribution in [0.4, 0.5) is 0 Å². The molecule has 10 rings (SSSR count). The summed E-state index contributed by atoms with van der Waals surface area (Å²) in [5.41, 5.74) is 13.6. The third kappa shape index (κ3) is 4.13. The first-order valence-electron chi connectivity index (χ1n) is 19.3. The van der Waals surface area contributed by atoms with E-state index in [4.69, 9.17) is 0 Å². The van der Waals surface area contributed by atoms with Gasteiger partial charge in [0.1, 0.15) is 0 Å². The maximum absolute atomic E-state index is 15.3. The lowest BCUT2D eigenvalue weighted by Crippen LogP contribution is -2.35. The minimum absolute atomic E-state index is 0.0106. The second-order valence-corrected chi connectivity index (χ2v) is 18.9. The summed E-state index contributed by atoms with van der Waals surface area (Å²) in [6.45, 7) is 20.0. The van der Waals surface area contributed by atoms with E-state index in [-0.39, 0.29) is 27.1 Å². The van der Waals surface area contributed by atoms with Gasteiger partial charge in [0, 0.05) is 21.5 Å². The molecule has 1 spiro atoms. The van der Waals surface area contributed by atoms with Crippen molar-refractivity contribution in [2.75, 3.05) is 0 Å². The van der Waals surface area contributed by atoms with Crippen molar-refractivity contribution in [3.05, 3.63) is 169 Å². The fourth-order valence-corrected chi connectivity index (χ4v) is 9.67. The van der Waals surface area contributed by atoms with Crippen molar-refractivity contribution >= 4 is 38.1 Å². The first-order valence-corrected chi connectivity index (χ1v) is 19.3. The maximum atomic E-state index is 15.3. The number of hydrogen-bond acceptors (Lipinski definition) is 2. The van der Waals surface area contributed by atoms with Crippen LogP contribution in [0.25, 0.3) is 60.3 Å². The first kappa shape index (κ1) is 33.1. The second kappa shape index (κ2) is 10.4. The standard InChI is InChI=1S/C51H45NO2/c1-48(2,3)30-20-18-28(19-21-30)29-22-35-43-36(23-29)47(54)38-25-32(50(7,8)9)27-42-45(38)52(43)44-37(46(35)53)24-31(49(4,5)6)26-41(44)51(42)39-16-12-10-14-33(39)34-15-11-13-17-40(34)51/h10-27H,1-9H3. The molecule has 1 aliphatic carbocycles. The van der Waals surface area contributed by atoms with Gasteiger partial charge in [0.15, 0.2) is 10.9 Å². The number of pyridine rings is 2. The molecule has 1 aliphatic heterocycles. The molecule has 8 aromatic rings. The highest BCUT2D eigenvalue weighted by molar-refractivity contribution is 6.13. The predicted molar refractivity (Wildman–Crippen MR) is 226 cm³/mol. The molecule has 0 saturated carbocycles. The van der Waals surface area contributed by atoms with Gasteiger partial charge in [-0.1, -0.05) is 147 Å². The zero-order chi connectivity index (χ0) is 37.9. The SMILES string of the molecule is CC(C)(C)c1ccc(-c2cc3c(=O)c4cc(C(C)(C)C)cc5c4n4c6c(cc(C(C)(C)C)cc6c(=O)c(c2)c34)C52c3ccccc3-c3ccccc32)cc1. The van der Waals surface area contributed by atoms with Crippen molar-refractivity contribution in [1.29, 1.82) is 0 Å². The Hall–Kier alpha value is -5.54. The summed E-state index contributed by atoms with van der Waals surface area (Å²) in [4.78, 5) is 30.7. The van der Waals surface area contributed by atoms with Crippen LogP contribution >= 0.6 is 0 Å². The molecule has 0 bridgehead atoms. The average Bonchev–Trinajstić information content (AvgIpc) is 3.43. The summed E-state index contributed by atoms with van der Waals surface area (Å²) in [5, 5.41) is 2.56. The van der Waals surface area contributed by atoms with Gasteiger partial charge < -0.3 is 4.40 Å². The van der Waals surface area contributed by atoms with E-state index in [1.54, 1.807) is 0 Å². The van der Waals surface area contributed by atoms with Gasteiger partial charge >= 0.3 is 0 Å². The molecule has 0 N–H and O–H groups in total. The van der Waals surface area contributed by atoms with E-state index in [9.17, 15) is 0 Å². The average molecular weight is 704 g/mol. The number of fused-ring (bicyclic) bond motifs is 7. The molecule has 6 aromatic carbocycles. The van der Waals surface area contributed by atoms with Crippen molar-refractivity contribution < 1.29 is 0 Å². The predicted octanol–water partition coefficient (Wildman–Crippen LogP) is 11.8. The largest absolute Gasteiger partial charge is 0.307 e. The Kier molecular flexibility index (Phi) is 6.34. The van der Waals surface area contributed by atoms with Crippen molar-refractivity contribution in [2.24, 2.45) is 0 Å². The van der Waals surface area contributed by atoms with Crippen LogP contribution in [0, 0.1) is 0 Å². The van der Waals surface area contributed by atoms with E-state index in [1.807, 2.05) is 12.1 Å². The highest BCUT2D eigenvalue weighted by Gasteiger charge is 2.51. The maximum Gasteiger partial charge on any atom is 0.197 e. The molecule has 3 heterocycles. The summed E-state index contributed by atoms with van der Waals surface area (Å²) in [6, 6.07) is 39.2. The van der Waals surface area contributed by atoms with E-state index in [0.29, 0.717) is 27.1 Å². The lowest BCUT2D eigenvalue weighted by Gasteiger charge is -2.41. The minimum Gasteiger partial charge on any atom is -0.307 e. The Morgan fingerprint density at radius 2 is 0.815 bits per heavy atom. The third-order valence-electron chi connectivity index (χ3n) is 12.6. The van der Waals surface area contributed by atoms with Gasteiger partial charge in [-0.2, -0.15) is 0 Å². The van der Waals surface area contributed by atoms with Crippen molar-refractivity contribution in [1.82, 2.24) is 4.40 Å². The fourth-order valence-electron chi connectivity index (χ4n) is 9.67. The Morgan fingerprint density at radius 1 is 0.407 bits per heavy atom. The zero-order valence-corrected chi connectivity index (χ0v) is 32.7. The summed E-state index contributed by atoms with van der Waals surface area (Å²) in [6.07, 6.45) is 0. The number of benzene rings is 6. The van der Waals surface area contributed by atoms with Crippen molar-refractivity contribution in [2.45, 2.75) is 84.0 Å². The zero-order valence-electron chi connectivity index (χ0n) is 32.7. The molecule has 0 unspecified atom stereocenters. The molecule has 0 fully saturated rings. The Morgan fingerprint density at radius 3 is 1.24 bits per heavy atom. The monoisotopic (exact) mass is 703 g/mol. The van der Waals surface area contributed by atoms with Gasteiger partial charge in [0.2, 0.25) is 0 Å². The summed E-state index contributed by atoms with van der Waals surface area (Å²) in [7, 11) is 0. The minimum atomic E-state index is -0.745. The third-order valence-corrected chi connectivity index (χ3v) is 12.6. The van der Waals surface area contributed by atoms with E-state index >= 15 is 9.59 Å². The molecule has 0 radical (unpaired) electrons. The van der Waals surface area contributed by atoms with Gasteiger partial charge in [0.05, 0.1) is 22.0 Å². The molecule has 0 atom stereocenters. The number of hydrogen-bond donors (Lipinski definition) is 0. The molecule has 0 saturated heterocycles. The van der Waals surface area contributed by atoms with Crippen LogP contribution in [0.3, 0.4) is 0 Å². The van der Waals surface area contributed by atoms with Gasteiger partial charge in [-0.15, -0.1) is 0 Å². The van der Waals surface area contributed by atoms with Crippen LogP contribution in [0.5, 0.6) is 0 Å². The first-order chi connectivity index (χ1) is 25.5. The normalized spacial score (nSPS) is 14.7. The van der Waals surface area contributed by atoms with Crippen LogP contribution in [0.2, 0.25) is 0 Å². The lowest BCUT2D eigenvalue weighted by molar-refractivity contribution is 0.586. The van der Waals surface area contributed by atoms with E-state index < -0.39 is 5.41 Å². The van der Waals surface area contributed by atoms with E-state index in [0.717, 1.165) is 44.4 Å². The highest BCUT2D eigenvalue weighted by atomic mass is 16.1. The van der Waals surface area contributed by atoms with Gasteiger partial charge in [0.25, 0.3) is 0 Å². The van der Waals surface area contributed by atoms with Gasteiger partial charge in [-0.05, 0) is 102 Å². The highest BCUT2D eigenvalue weighted by Crippen LogP contribution is 2.60. The molecular weight excluding hydrogens is 659 g/mol. The number of aromatic nitrogens is 1. The van der Waals surface area contributed by atoms with Crippen LogP contribution in [-0.4, -0.2) is 4.40 Å². The Bertz CT molecular complexity index is 2890. The smallest absolute Gasteiger partial charge is 0.197 e. The molecule has 2 aliphatic rings.